The molecule has 0 atom stereocenters. The quantitative estimate of drug-likeness (QED) is 0.296. The molecule has 0 aromatic heterocycles. The second-order valence-corrected chi connectivity index (χ2v) is 10.2. The van der Waals surface area contributed by atoms with Crippen LogP contribution in [0.4, 0.5) is 0 Å². The maximum Gasteiger partial charge on any atom is 0.225 e. The van der Waals surface area contributed by atoms with Crippen molar-refractivity contribution in [3.05, 3.63) is 0 Å². The zero-order valence-corrected chi connectivity index (χ0v) is 19.2. The standard InChI is InChI=1S/C24H49NO/c1-8-10-12-14-16-18-21(19-17-15-13-11-9-2)25-22(26)24(6,7)20-23(3,4)5/h21H,8-20H2,1-7H3,(H,25,26). The van der Waals surface area contributed by atoms with Crippen LogP contribution in [0.2, 0.25) is 0 Å². The molecule has 0 aromatic rings. The van der Waals surface area contributed by atoms with Crippen molar-refractivity contribution in [2.24, 2.45) is 10.8 Å². The van der Waals surface area contributed by atoms with Gasteiger partial charge in [-0.2, -0.15) is 0 Å². The van der Waals surface area contributed by atoms with Crippen molar-refractivity contribution in [2.75, 3.05) is 0 Å². The lowest BCUT2D eigenvalue weighted by molar-refractivity contribution is -0.131. The number of unbranched alkanes of at least 4 members (excludes halogenated alkanes) is 8. The first-order chi connectivity index (χ1) is 12.1. The van der Waals surface area contributed by atoms with E-state index in [0.717, 1.165) is 19.3 Å². The van der Waals surface area contributed by atoms with Crippen LogP contribution in [0.1, 0.15) is 132 Å². The fourth-order valence-corrected chi connectivity index (χ4v) is 4.06. The lowest BCUT2D eigenvalue weighted by atomic mass is 9.75. The molecule has 0 saturated heterocycles. The number of nitrogens with one attached hydrogen (secondary N) is 1. The van der Waals surface area contributed by atoms with Crippen LogP contribution in [0.5, 0.6) is 0 Å². The van der Waals surface area contributed by atoms with E-state index in [4.69, 9.17) is 0 Å². The molecular weight excluding hydrogens is 318 g/mol. The minimum Gasteiger partial charge on any atom is -0.353 e. The number of hydrogen-bond acceptors (Lipinski definition) is 1. The van der Waals surface area contributed by atoms with Crippen molar-refractivity contribution in [3.63, 3.8) is 0 Å². The number of carbonyl (C=O) groups excluding carboxylic acids is 1. The van der Waals surface area contributed by atoms with E-state index in [1.54, 1.807) is 0 Å². The Labute approximate surface area is 165 Å². The van der Waals surface area contributed by atoms with E-state index in [1.165, 1.54) is 64.2 Å². The van der Waals surface area contributed by atoms with E-state index >= 15 is 0 Å². The van der Waals surface area contributed by atoms with E-state index in [-0.39, 0.29) is 16.7 Å². The van der Waals surface area contributed by atoms with Crippen LogP contribution < -0.4 is 5.32 Å². The molecule has 2 heteroatoms. The Morgan fingerprint density at radius 2 is 1.15 bits per heavy atom. The average molecular weight is 368 g/mol. The fraction of sp³-hybridized carbons (Fsp3) is 0.958. The molecule has 0 rings (SSSR count). The molecule has 0 aliphatic heterocycles. The van der Waals surface area contributed by atoms with Crippen LogP contribution in [0, 0.1) is 10.8 Å². The maximum atomic E-state index is 12.9. The maximum absolute atomic E-state index is 12.9. The third-order valence-corrected chi connectivity index (χ3v) is 5.23. The van der Waals surface area contributed by atoms with Gasteiger partial charge in [-0.3, -0.25) is 4.79 Å². The fourth-order valence-electron chi connectivity index (χ4n) is 4.06. The monoisotopic (exact) mass is 367 g/mol. The third kappa shape index (κ3) is 13.6. The Bertz CT molecular complexity index is 340. The molecule has 1 amide bonds. The average Bonchev–Trinajstić information content (AvgIpc) is 2.51. The zero-order valence-electron chi connectivity index (χ0n) is 19.2. The van der Waals surface area contributed by atoms with Crippen LogP contribution >= 0.6 is 0 Å². The summed E-state index contributed by atoms with van der Waals surface area (Å²) in [5.74, 6) is 0.250. The molecule has 0 fully saturated rings. The van der Waals surface area contributed by atoms with Crippen molar-refractivity contribution in [1.29, 1.82) is 0 Å². The smallest absolute Gasteiger partial charge is 0.225 e. The molecule has 0 aliphatic rings. The van der Waals surface area contributed by atoms with E-state index in [1.807, 2.05) is 0 Å². The molecule has 0 unspecified atom stereocenters. The molecule has 2 nitrogen and oxygen atoms in total. The predicted molar refractivity (Wildman–Crippen MR) is 117 cm³/mol. The number of hydrogen-bond donors (Lipinski definition) is 1. The van der Waals surface area contributed by atoms with Gasteiger partial charge in [-0.15, -0.1) is 0 Å². The molecular formula is C24H49NO. The van der Waals surface area contributed by atoms with Gasteiger partial charge in [-0.25, -0.2) is 0 Å². The summed E-state index contributed by atoms with van der Waals surface area (Å²) in [6.07, 6.45) is 16.3. The molecule has 0 heterocycles. The second kappa shape index (κ2) is 13.6. The van der Waals surface area contributed by atoms with Crippen LogP contribution in [0.25, 0.3) is 0 Å². The van der Waals surface area contributed by atoms with Crippen molar-refractivity contribution >= 4 is 5.91 Å². The van der Waals surface area contributed by atoms with Gasteiger partial charge in [0.25, 0.3) is 0 Å². The highest BCUT2D eigenvalue weighted by molar-refractivity contribution is 5.82. The van der Waals surface area contributed by atoms with Gasteiger partial charge in [0.1, 0.15) is 0 Å². The molecule has 0 aliphatic carbocycles. The molecule has 26 heavy (non-hydrogen) atoms. The summed E-state index contributed by atoms with van der Waals surface area (Å²) in [4.78, 5) is 12.9. The Balaban J connectivity index is 4.52. The molecule has 0 aromatic carbocycles. The summed E-state index contributed by atoms with van der Waals surface area (Å²) in [5, 5.41) is 3.42. The van der Waals surface area contributed by atoms with Gasteiger partial charge in [-0.05, 0) is 24.7 Å². The lowest BCUT2D eigenvalue weighted by Gasteiger charge is -2.33. The Hall–Kier alpha value is -0.530. The van der Waals surface area contributed by atoms with Crippen molar-refractivity contribution in [1.82, 2.24) is 5.32 Å². The van der Waals surface area contributed by atoms with Gasteiger partial charge in [-0.1, -0.05) is 113 Å². The van der Waals surface area contributed by atoms with Gasteiger partial charge in [0.15, 0.2) is 0 Å². The first-order valence-electron chi connectivity index (χ1n) is 11.4. The minimum absolute atomic E-state index is 0.177. The highest BCUT2D eigenvalue weighted by Gasteiger charge is 2.33. The van der Waals surface area contributed by atoms with Gasteiger partial charge in [0, 0.05) is 11.5 Å². The van der Waals surface area contributed by atoms with Gasteiger partial charge in [0.2, 0.25) is 5.91 Å². The van der Waals surface area contributed by atoms with E-state index in [9.17, 15) is 4.79 Å². The minimum atomic E-state index is -0.291. The first kappa shape index (κ1) is 25.5. The second-order valence-electron chi connectivity index (χ2n) is 10.2. The number of amides is 1. The van der Waals surface area contributed by atoms with E-state index in [2.05, 4.69) is 53.8 Å². The molecule has 156 valence electrons. The topological polar surface area (TPSA) is 29.1 Å². The highest BCUT2D eigenvalue weighted by Crippen LogP contribution is 2.33. The molecule has 0 spiro atoms. The van der Waals surface area contributed by atoms with Crippen molar-refractivity contribution in [2.45, 2.75) is 138 Å². The number of rotatable bonds is 15. The summed E-state index contributed by atoms with van der Waals surface area (Å²) in [6.45, 7) is 15.4. The Morgan fingerprint density at radius 3 is 1.54 bits per heavy atom. The van der Waals surface area contributed by atoms with Crippen LogP contribution in [0.3, 0.4) is 0 Å². The molecule has 0 saturated carbocycles. The largest absolute Gasteiger partial charge is 0.353 e. The normalized spacial score (nSPS) is 12.6. The van der Waals surface area contributed by atoms with Crippen molar-refractivity contribution < 1.29 is 4.79 Å². The molecule has 0 radical (unpaired) electrons. The van der Waals surface area contributed by atoms with Crippen LogP contribution in [0.15, 0.2) is 0 Å². The summed E-state index contributed by atoms with van der Waals surface area (Å²) in [5.41, 5.74) is -0.114. The summed E-state index contributed by atoms with van der Waals surface area (Å²) < 4.78 is 0. The Morgan fingerprint density at radius 1 is 0.731 bits per heavy atom. The predicted octanol–water partition coefficient (Wildman–Crippen LogP) is 7.65. The zero-order chi connectivity index (χ0) is 20.1. The Kier molecular flexibility index (Phi) is 13.3. The van der Waals surface area contributed by atoms with Crippen LogP contribution in [-0.2, 0) is 4.79 Å². The highest BCUT2D eigenvalue weighted by atomic mass is 16.2. The van der Waals surface area contributed by atoms with Gasteiger partial charge >= 0.3 is 0 Å². The van der Waals surface area contributed by atoms with Crippen molar-refractivity contribution in [3.8, 4) is 0 Å². The van der Waals surface area contributed by atoms with Gasteiger partial charge < -0.3 is 5.32 Å². The SMILES string of the molecule is CCCCCCCC(CCCCCCC)NC(=O)C(C)(C)CC(C)(C)C. The number of carbonyl (C=O) groups is 1. The van der Waals surface area contributed by atoms with E-state index in [0.29, 0.717) is 6.04 Å². The van der Waals surface area contributed by atoms with Crippen LogP contribution in [-0.4, -0.2) is 11.9 Å². The lowest BCUT2D eigenvalue weighted by Crippen LogP contribution is -2.44. The molecule has 0 bridgehead atoms. The molecule has 1 N–H and O–H groups in total. The first-order valence-corrected chi connectivity index (χ1v) is 11.4. The van der Waals surface area contributed by atoms with E-state index < -0.39 is 0 Å². The summed E-state index contributed by atoms with van der Waals surface area (Å²) in [6, 6.07) is 0.366. The summed E-state index contributed by atoms with van der Waals surface area (Å²) >= 11 is 0. The summed E-state index contributed by atoms with van der Waals surface area (Å²) in [7, 11) is 0. The van der Waals surface area contributed by atoms with Gasteiger partial charge in [0.05, 0.1) is 0 Å². The third-order valence-electron chi connectivity index (χ3n) is 5.23.